The van der Waals surface area contributed by atoms with Crippen LogP contribution in [0.1, 0.15) is 11.1 Å². The fraction of sp³-hybridized carbons (Fsp3) is 0.462. The van der Waals surface area contributed by atoms with Crippen LogP contribution < -0.4 is 5.73 Å². The fourth-order valence-electron chi connectivity index (χ4n) is 2.36. The van der Waals surface area contributed by atoms with E-state index in [-0.39, 0.29) is 18.5 Å². The van der Waals surface area contributed by atoms with Gasteiger partial charge in [-0.3, -0.25) is 0 Å². The van der Waals surface area contributed by atoms with Crippen LogP contribution in [0, 0.1) is 0 Å². The molecule has 0 spiro atoms. The lowest BCUT2D eigenvalue weighted by molar-refractivity contribution is -0.138. The summed E-state index contributed by atoms with van der Waals surface area (Å²) in [5, 5.41) is 0. The Morgan fingerprint density at radius 2 is 2.00 bits per heavy atom. The van der Waals surface area contributed by atoms with Crippen LogP contribution in [0.3, 0.4) is 0 Å². The SMILES string of the molecule is CN1C(=O)OC(Cc2ccccc2C(F)(F)F)C1CN. The van der Waals surface area contributed by atoms with Crippen LogP contribution in [-0.2, 0) is 17.3 Å². The molecule has 4 nitrogen and oxygen atoms in total. The van der Waals surface area contributed by atoms with E-state index in [1.54, 1.807) is 0 Å². The highest BCUT2D eigenvalue weighted by Crippen LogP contribution is 2.33. The van der Waals surface area contributed by atoms with E-state index in [1.807, 2.05) is 0 Å². The Morgan fingerprint density at radius 3 is 2.60 bits per heavy atom. The van der Waals surface area contributed by atoms with Gasteiger partial charge in [-0.2, -0.15) is 13.2 Å². The van der Waals surface area contributed by atoms with Gasteiger partial charge in [-0.15, -0.1) is 0 Å². The van der Waals surface area contributed by atoms with Gasteiger partial charge in [0.2, 0.25) is 0 Å². The molecule has 1 heterocycles. The van der Waals surface area contributed by atoms with Gasteiger partial charge in [0.15, 0.2) is 0 Å². The smallest absolute Gasteiger partial charge is 0.416 e. The van der Waals surface area contributed by atoms with Crippen LogP contribution in [0.25, 0.3) is 0 Å². The van der Waals surface area contributed by atoms with Crippen molar-refractivity contribution >= 4 is 6.09 Å². The standard InChI is InChI=1S/C13H15F3N2O2/c1-18-10(7-17)11(20-12(18)19)6-8-4-2-3-5-9(8)13(14,15)16/h2-5,10-11H,6-7,17H2,1H3. The van der Waals surface area contributed by atoms with Crippen molar-refractivity contribution in [2.75, 3.05) is 13.6 Å². The Balaban J connectivity index is 2.25. The van der Waals surface area contributed by atoms with Crippen LogP contribution in [0.4, 0.5) is 18.0 Å². The van der Waals surface area contributed by atoms with Crippen molar-refractivity contribution in [1.29, 1.82) is 0 Å². The minimum absolute atomic E-state index is 0.00632. The number of hydrogen-bond acceptors (Lipinski definition) is 3. The molecular weight excluding hydrogens is 273 g/mol. The maximum atomic E-state index is 12.9. The summed E-state index contributed by atoms with van der Waals surface area (Å²) in [5.74, 6) is 0. The van der Waals surface area contributed by atoms with Gasteiger partial charge in [-0.25, -0.2) is 4.79 Å². The van der Waals surface area contributed by atoms with Crippen molar-refractivity contribution in [3.8, 4) is 0 Å². The Morgan fingerprint density at radius 1 is 1.35 bits per heavy atom. The molecule has 0 bridgehead atoms. The molecule has 0 aromatic heterocycles. The highest BCUT2D eigenvalue weighted by molar-refractivity contribution is 5.70. The molecule has 0 aliphatic carbocycles. The van der Waals surface area contributed by atoms with Crippen molar-refractivity contribution in [2.45, 2.75) is 24.7 Å². The molecule has 2 atom stereocenters. The average Bonchev–Trinajstić information content (AvgIpc) is 2.64. The maximum absolute atomic E-state index is 12.9. The average molecular weight is 288 g/mol. The predicted molar refractivity (Wildman–Crippen MR) is 66.0 cm³/mol. The number of hydrogen-bond donors (Lipinski definition) is 1. The largest absolute Gasteiger partial charge is 0.443 e. The van der Waals surface area contributed by atoms with E-state index in [4.69, 9.17) is 10.5 Å². The molecule has 7 heteroatoms. The number of carbonyl (C=O) groups is 1. The number of likely N-dealkylation sites (N-methyl/N-ethyl adjacent to an activating group) is 1. The summed E-state index contributed by atoms with van der Waals surface area (Å²) in [6.07, 6.45) is -5.66. The number of rotatable bonds is 3. The van der Waals surface area contributed by atoms with E-state index in [2.05, 4.69) is 0 Å². The second-order valence-electron chi connectivity index (χ2n) is 4.70. The topological polar surface area (TPSA) is 55.6 Å². The first kappa shape index (κ1) is 14.6. The van der Waals surface area contributed by atoms with Crippen LogP contribution in [-0.4, -0.2) is 36.7 Å². The molecule has 1 saturated heterocycles. The highest BCUT2D eigenvalue weighted by Gasteiger charge is 2.40. The van der Waals surface area contributed by atoms with Crippen LogP contribution >= 0.6 is 0 Å². The van der Waals surface area contributed by atoms with Crippen molar-refractivity contribution in [1.82, 2.24) is 4.90 Å². The molecule has 20 heavy (non-hydrogen) atoms. The number of amides is 1. The van der Waals surface area contributed by atoms with Gasteiger partial charge in [0.25, 0.3) is 0 Å². The molecule has 1 aliphatic heterocycles. The van der Waals surface area contributed by atoms with Crippen LogP contribution in [0.15, 0.2) is 24.3 Å². The van der Waals surface area contributed by atoms with E-state index in [9.17, 15) is 18.0 Å². The maximum Gasteiger partial charge on any atom is 0.416 e. The summed E-state index contributed by atoms with van der Waals surface area (Å²) in [6, 6.07) is 4.86. The summed E-state index contributed by atoms with van der Waals surface area (Å²) in [7, 11) is 1.52. The van der Waals surface area contributed by atoms with Crippen molar-refractivity contribution < 1.29 is 22.7 Å². The first-order chi connectivity index (χ1) is 9.34. The number of carbonyl (C=O) groups excluding carboxylic acids is 1. The number of nitrogens with zero attached hydrogens (tertiary/aromatic N) is 1. The van der Waals surface area contributed by atoms with E-state index >= 15 is 0 Å². The van der Waals surface area contributed by atoms with Gasteiger partial charge in [-0.1, -0.05) is 18.2 Å². The van der Waals surface area contributed by atoms with E-state index in [0.29, 0.717) is 0 Å². The summed E-state index contributed by atoms with van der Waals surface area (Å²) >= 11 is 0. The molecule has 1 aromatic carbocycles. The number of benzene rings is 1. The fourth-order valence-corrected chi connectivity index (χ4v) is 2.36. The summed E-state index contributed by atoms with van der Waals surface area (Å²) in [4.78, 5) is 12.8. The molecule has 1 fully saturated rings. The Kier molecular flexibility index (Phi) is 3.89. The van der Waals surface area contributed by atoms with E-state index in [0.717, 1.165) is 6.07 Å². The predicted octanol–water partition coefficient (Wildman–Crippen LogP) is 2.03. The molecule has 1 amide bonds. The Labute approximate surface area is 114 Å². The quantitative estimate of drug-likeness (QED) is 0.926. The zero-order valence-corrected chi connectivity index (χ0v) is 10.9. The second kappa shape index (κ2) is 5.32. The number of cyclic esters (lactones) is 1. The number of halogens is 3. The lowest BCUT2D eigenvalue weighted by Crippen LogP contribution is -2.40. The lowest BCUT2D eigenvalue weighted by Gasteiger charge is -2.21. The number of nitrogens with two attached hydrogens (primary N) is 1. The van der Waals surface area contributed by atoms with E-state index in [1.165, 1.54) is 30.1 Å². The molecule has 2 rings (SSSR count). The molecule has 0 radical (unpaired) electrons. The number of ether oxygens (including phenoxy) is 1. The third kappa shape index (κ3) is 2.72. The molecule has 0 saturated carbocycles. The summed E-state index contributed by atoms with van der Waals surface area (Å²) in [6.45, 7) is 0.140. The first-order valence-corrected chi connectivity index (χ1v) is 6.13. The molecule has 1 aromatic rings. The normalized spacial score (nSPS) is 23.1. The third-order valence-corrected chi connectivity index (χ3v) is 3.45. The third-order valence-electron chi connectivity index (χ3n) is 3.45. The molecule has 110 valence electrons. The Hall–Kier alpha value is -1.76. The van der Waals surface area contributed by atoms with Crippen molar-refractivity contribution in [3.63, 3.8) is 0 Å². The second-order valence-corrected chi connectivity index (χ2v) is 4.70. The monoisotopic (exact) mass is 288 g/mol. The van der Waals surface area contributed by atoms with Crippen LogP contribution in [0.5, 0.6) is 0 Å². The summed E-state index contributed by atoms with van der Waals surface area (Å²) < 4.78 is 43.8. The van der Waals surface area contributed by atoms with Crippen molar-refractivity contribution in [2.24, 2.45) is 5.73 Å². The van der Waals surface area contributed by atoms with E-state index < -0.39 is 30.0 Å². The van der Waals surface area contributed by atoms with Gasteiger partial charge in [0, 0.05) is 20.0 Å². The molecule has 1 aliphatic rings. The van der Waals surface area contributed by atoms with Gasteiger partial charge in [0.05, 0.1) is 11.6 Å². The molecular formula is C13H15F3N2O2. The van der Waals surface area contributed by atoms with Gasteiger partial charge >= 0.3 is 12.3 Å². The van der Waals surface area contributed by atoms with Gasteiger partial charge in [0.1, 0.15) is 6.10 Å². The Bertz CT molecular complexity index is 505. The highest BCUT2D eigenvalue weighted by atomic mass is 19.4. The first-order valence-electron chi connectivity index (χ1n) is 6.13. The van der Waals surface area contributed by atoms with Gasteiger partial charge in [-0.05, 0) is 11.6 Å². The lowest BCUT2D eigenvalue weighted by atomic mass is 9.97. The molecule has 2 unspecified atom stereocenters. The minimum Gasteiger partial charge on any atom is -0.443 e. The van der Waals surface area contributed by atoms with Gasteiger partial charge < -0.3 is 15.4 Å². The zero-order chi connectivity index (χ0) is 14.9. The van der Waals surface area contributed by atoms with Crippen LogP contribution in [0.2, 0.25) is 0 Å². The summed E-state index contributed by atoms with van der Waals surface area (Å²) in [5.41, 5.74) is 4.95. The molecule has 2 N–H and O–H groups in total. The van der Waals surface area contributed by atoms with Crippen molar-refractivity contribution in [3.05, 3.63) is 35.4 Å². The minimum atomic E-state index is -4.43. The number of alkyl halides is 3. The zero-order valence-electron chi connectivity index (χ0n) is 10.9.